The lowest BCUT2D eigenvalue weighted by Gasteiger charge is -2.07. The molecule has 21 heavy (non-hydrogen) atoms. The van der Waals surface area contributed by atoms with Crippen molar-refractivity contribution in [2.45, 2.75) is 19.5 Å². The van der Waals surface area contributed by atoms with Gasteiger partial charge in [-0.2, -0.15) is 0 Å². The standard InChI is InChI=1S/C16H18ClN3O/c17-15-5-3-13(4-6-15)12-20-16(21)7-9-19-11-14-2-1-8-18-10-14/h1-6,8,10,19H,7,9,11-12H2,(H,20,21). The molecule has 0 saturated carbocycles. The Bertz CT molecular complexity index is 557. The van der Waals surface area contributed by atoms with Crippen molar-refractivity contribution in [1.82, 2.24) is 15.6 Å². The van der Waals surface area contributed by atoms with Crippen molar-refractivity contribution in [3.05, 3.63) is 64.9 Å². The Kier molecular flexibility index (Phi) is 6.19. The number of hydrogen-bond donors (Lipinski definition) is 2. The lowest BCUT2D eigenvalue weighted by Crippen LogP contribution is -2.27. The second-order valence-corrected chi connectivity index (χ2v) is 5.13. The number of halogens is 1. The van der Waals surface area contributed by atoms with Gasteiger partial charge in [-0.15, -0.1) is 0 Å². The van der Waals surface area contributed by atoms with E-state index < -0.39 is 0 Å². The second kappa shape index (κ2) is 8.39. The molecule has 0 bridgehead atoms. The van der Waals surface area contributed by atoms with Gasteiger partial charge in [-0.25, -0.2) is 0 Å². The van der Waals surface area contributed by atoms with Crippen LogP contribution in [0.3, 0.4) is 0 Å². The summed E-state index contributed by atoms with van der Waals surface area (Å²) in [6.45, 7) is 1.89. The second-order valence-electron chi connectivity index (χ2n) is 4.69. The molecule has 1 amide bonds. The molecule has 1 aromatic carbocycles. The number of rotatable bonds is 7. The predicted octanol–water partition coefficient (Wildman–Crippen LogP) is 2.53. The lowest BCUT2D eigenvalue weighted by atomic mass is 10.2. The van der Waals surface area contributed by atoms with E-state index in [1.165, 1.54) is 0 Å². The Labute approximate surface area is 129 Å². The van der Waals surface area contributed by atoms with E-state index in [9.17, 15) is 4.79 Å². The Morgan fingerprint density at radius 3 is 2.62 bits per heavy atom. The summed E-state index contributed by atoms with van der Waals surface area (Å²) in [6, 6.07) is 11.3. The van der Waals surface area contributed by atoms with Crippen LogP contribution in [-0.2, 0) is 17.9 Å². The monoisotopic (exact) mass is 303 g/mol. The van der Waals surface area contributed by atoms with Gasteiger partial charge in [-0.05, 0) is 29.3 Å². The van der Waals surface area contributed by atoms with Crippen LogP contribution in [0.25, 0.3) is 0 Å². The summed E-state index contributed by atoms with van der Waals surface area (Å²) in [5.41, 5.74) is 2.15. The molecule has 5 heteroatoms. The quantitative estimate of drug-likeness (QED) is 0.773. The number of aromatic nitrogens is 1. The molecule has 0 saturated heterocycles. The molecule has 0 aliphatic heterocycles. The molecule has 0 unspecified atom stereocenters. The minimum Gasteiger partial charge on any atom is -0.352 e. The zero-order valence-electron chi connectivity index (χ0n) is 11.7. The molecule has 1 heterocycles. The molecule has 110 valence electrons. The molecule has 0 spiro atoms. The molecular formula is C16H18ClN3O. The number of amides is 1. The van der Waals surface area contributed by atoms with Crippen molar-refractivity contribution in [2.75, 3.05) is 6.54 Å². The van der Waals surface area contributed by atoms with E-state index in [-0.39, 0.29) is 5.91 Å². The number of hydrogen-bond acceptors (Lipinski definition) is 3. The molecule has 0 atom stereocenters. The van der Waals surface area contributed by atoms with Crippen molar-refractivity contribution in [3.63, 3.8) is 0 Å². The van der Waals surface area contributed by atoms with Crippen LogP contribution in [0.15, 0.2) is 48.8 Å². The number of pyridine rings is 1. The largest absolute Gasteiger partial charge is 0.352 e. The first kappa shape index (κ1) is 15.5. The first-order chi connectivity index (χ1) is 10.2. The van der Waals surface area contributed by atoms with E-state index in [4.69, 9.17) is 11.6 Å². The van der Waals surface area contributed by atoms with Gasteiger partial charge in [0.05, 0.1) is 0 Å². The van der Waals surface area contributed by atoms with Gasteiger partial charge in [0.1, 0.15) is 0 Å². The highest BCUT2D eigenvalue weighted by Gasteiger charge is 2.01. The van der Waals surface area contributed by atoms with E-state index in [1.807, 2.05) is 42.6 Å². The molecular weight excluding hydrogens is 286 g/mol. The third-order valence-electron chi connectivity index (χ3n) is 2.98. The average Bonchev–Trinajstić information content (AvgIpc) is 2.52. The summed E-state index contributed by atoms with van der Waals surface area (Å²) in [5, 5.41) is 6.80. The fourth-order valence-corrected chi connectivity index (χ4v) is 1.95. The van der Waals surface area contributed by atoms with Crippen LogP contribution in [0.5, 0.6) is 0 Å². The van der Waals surface area contributed by atoms with E-state index in [0.717, 1.165) is 17.7 Å². The third-order valence-corrected chi connectivity index (χ3v) is 3.24. The highest BCUT2D eigenvalue weighted by atomic mass is 35.5. The fraction of sp³-hybridized carbons (Fsp3) is 0.250. The molecule has 0 aliphatic rings. The SMILES string of the molecule is O=C(CCNCc1cccnc1)NCc1ccc(Cl)cc1. The molecule has 2 rings (SSSR count). The van der Waals surface area contributed by atoms with Gasteiger partial charge in [0.2, 0.25) is 5.91 Å². The summed E-state index contributed by atoms with van der Waals surface area (Å²) in [7, 11) is 0. The molecule has 0 aliphatic carbocycles. The molecule has 0 radical (unpaired) electrons. The molecule has 4 nitrogen and oxygen atoms in total. The first-order valence-corrected chi connectivity index (χ1v) is 7.22. The lowest BCUT2D eigenvalue weighted by molar-refractivity contribution is -0.121. The van der Waals surface area contributed by atoms with Gasteiger partial charge in [0.15, 0.2) is 0 Å². The van der Waals surface area contributed by atoms with E-state index in [2.05, 4.69) is 15.6 Å². The minimum absolute atomic E-state index is 0.0311. The van der Waals surface area contributed by atoms with Crippen LogP contribution >= 0.6 is 11.6 Å². The van der Waals surface area contributed by atoms with Crippen molar-refractivity contribution in [1.29, 1.82) is 0 Å². The normalized spacial score (nSPS) is 10.3. The maximum atomic E-state index is 11.7. The van der Waals surface area contributed by atoms with Crippen molar-refractivity contribution < 1.29 is 4.79 Å². The molecule has 1 aromatic heterocycles. The summed E-state index contributed by atoms with van der Waals surface area (Å²) in [4.78, 5) is 15.7. The number of benzene rings is 1. The zero-order chi connectivity index (χ0) is 14.9. The van der Waals surface area contributed by atoms with Gasteiger partial charge in [-0.3, -0.25) is 9.78 Å². The van der Waals surface area contributed by atoms with Crippen LogP contribution in [0.2, 0.25) is 5.02 Å². The summed E-state index contributed by atoms with van der Waals surface area (Å²) in [6.07, 6.45) is 4.01. The summed E-state index contributed by atoms with van der Waals surface area (Å²) < 4.78 is 0. The maximum absolute atomic E-state index is 11.7. The molecule has 2 aromatic rings. The topological polar surface area (TPSA) is 54.0 Å². The van der Waals surface area contributed by atoms with E-state index >= 15 is 0 Å². The van der Waals surface area contributed by atoms with Gasteiger partial charge in [-0.1, -0.05) is 29.8 Å². The Morgan fingerprint density at radius 1 is 1.10 bits per heavy atom. The van der Waals surface area contributed by atoms with Crippen molar-refractivity contribution in [2.24, 2.45) is 0 Å². The van der Waals surface area contributed by atoms with Crippen LogP contribution < -0.4 is 10.6 Å². The highest BCUT2D eigenvalue weighted by molar-refractivity contribution is 6.30. The van der Waals surface area contributed by atoms with Gasteiger partial charge in [0, 0.05) is 43.5 Å². The number of carbonyl (C=O) groups is 1. The smallest absolute Gasteiger partial charge is 0.221 e. The first-order valence-electron chi connectivity index (χ1n) is 6.85. The van der Waals surface area contributed by atoms with Crippen LogP contribution in [-0.4, -0.2) is 17.4 Å². The van der Waals surface area contributed by atoms with Gasteiger partial charge < -0.3 is 10.6 Å². The van der Waals surface area contributed by atoms with E-state index in [1.54, 1.807) is 6.20 Å². The Hall–Kier alpha value is -1.91. The molecule has 2 N–H and O–H groups in total. The van der Waals surface area contributed by atoms with Gasteiger partial charge in [0.25, 0.3) is 0 Å². The van der Waals surface area contributed by atoms with Crippen molar-refractivity contribution >= 4 is 17.5 Å². The predicted molar refractivity (Wildman–Crippen MR) is 83.9 cm³/mol. The van der Waals surface area contributed by atoms with E-state index in [0.29, 0.717) is 24.5 Å². The van der Waals surface area contributed by atoms with Crippen LogP contribution in [0.4, 0.5) is 0 Å². The number of nitrogens with one attached hydrogen (secondary N) is 2. The van der Waals surface area contributed by atoms with Crippen molar-refractivity contribution in [3.8, 4) is 0 Å². The highest BCUT2D eigenvalue weighted by Crippen LogP contribution is 2.09. The summed E-state index contributed by atoms with van der Waals surface area (Å²) >= 11 is 5.81. The summed E-state index contributed by atoms with van der Waals surface area (Å²) in [5.74, 6) is 0.0311. The average molecular weight is 304 g/mol. The van der Waals surface area contributed by atoms with Crippen LogP contribution in [0, 0.1) is 0 Å². The number of nitrogens with zero attached hydrogens (tertiary/aromatic N) is 1. The maximum Gasteiger partial charge on any atom is 0.221 e. The minimum atomic E-state index is 0.0311. The Morgan fingerprint density at radius 2 is 1.90 bits per heavy atom. The number of carbonyl (C=O) groups excluding carboxylic acids is 1. The zero-order valence-corrected chi connectivity index (χ0v) is 12.4. The van der Waals surface area contributed by atoms with Crippen LogP contribution in [0.1, 0.15) is 17.5 Å². The third kappa shape index (κ3) is 5.94. The molecule has 0 fully saturated rings. The fourth-order valence-electron chi connectivity index (χ4n) is 1.83. The Balaban J connectivity index is 1.60. The van der Waals surface area contributed by atoms with Gasteiger partial charge >= 0.3 is 0 Å².